The number of hydrogen-bond acceptors (Lipinski definition) is 3. The van der Waals surface area contributed by atoms with Crippen LogP contribution in [-0.2, 0) is 6.54 Å². The lowest BCUT2D eigenvalue weighted by molar-refractivity contribution is 0.439. The minimum atomic E-state index is 0.581. The van der Waals surface area contributed by atoms with E-state index in [1.165, 1.54) is 12.1 Å². The van der Waals surface area contributed by atoms with Gasteiger partial charge in [-0.25, -0.2) is 4.98 Å². The summed E-state index contributed by atoms with van der Waals surface area (Å²) in [5.74, 6) is 0.759. The second-order valence-electron chi connectivity index (χ2n) is 4.27. The maximum atomic E-state index is 4.42. The van der Waals surface area contributed by atoms with Gasteiger partial charge < -0.3 is 5.32 Å². The predicted molar refractivity (Wildman–Crippen MR) is 62.6 cm³/mol. The summed E-state index contributed by atoms with van der Waals surface area (Å²) < 4.78 is 0. The van der Waals surface area contributed by atoms with Crippen molar-refractivity contribution in [1.29, 1.82) is 0 Å². The van der Waals surface area contributed by atoms with Crippen LogP contribution in [0.5, 0.6) is 0 Å². The third-order valence-corrected chi connectivity index (χ3v) is 2.95. The van der Waals surface area contributed by atoms with E-state index >= 15 is 0 Å². The molecule has 0 amide bonds. The van der Waals surface area contributed by atoms with Crippen LogP contribution in [0.15, 0.2) is 5.38 Å². The van der Waals surface area contributed by atoms with Gasteiger partial charge in [-0.15, -0.1) is 11.3 Å². The molecule has 1 N–H and O–H groups in total. The van der Waals surface area contributed by atoms with Gasteiger partial charge in [0.25, 0.3) is 0 Å². The lowest BCUT2D eigenvalue weighted by Gasteiger charge is -2.14. The SMILES string of the molecule is Cc1nc(CNC(C)CC(C)C)cs1. The van der Waals surface area contributed by atoms with Crippen molar-refractivity contribution in [3.63, 3.8) is 0 Å². The molecule has 14 heavy (non-hydrogen) atoms. The van der Waals surface area contributed by atoms with Crippen molar-refractivity contribution in [2.24, 2.45) is 5.92 Å². The molecule has 80 valence electrons. The third-order valence-electron chi connectivity index (χ3n) is 2.12. The topological polar surface area (TPSA) is 24.9 Å². The molecule has 0 aliphatic carbocycles. The molecule has 1 aromatic heterocycles. The first-order valence-corrected chi connectivity index (χ1v) is 6.10. The molecule has 0 saturated heterocycles. The van der Waals surface area contributed by atoms with E-state index < -0.39 is 0 Å². The van der Waals surface area contributed by atoms with Gasteiger partial charge in [-0.1, -0.05) is 13.8 Å². The number of nitrogens with one attached hydrogen (secondary N) is 1. The van der Waals surface area contributed by atoms with Crippen LogP contribution in [0.3, 0.4) is 0 Å². The van der Waals surface area contributed by atoms with E-state index in [0.29, 0.717) is 6.04 Å². The van der Waals surface area contributed by atoms with Crippen LogP contribution in [-0.4, -0.2) is 11.0 Å². The normalized spacial score (nSPS) is 13.5. The van der Waals surface area contributed by atoms with Crippen molar-refractivity contribution in [3.8, 4) is 0 Å². The lowest BCUT2D eigenvalue weighted by Crippen LogP contribution is -2.26. The molecule has 2 nitrogen and oxygen atoms in total. The van der Waals surface area contributed by atoms with Crippen molar-refractivity contribution in [2.45, 2.75) is 46.7 Å². The summed E-state index contributed by atoms with van der Waals surface area (Å²) >= 11 is 1.72. The fraction of sp³-hybridized carbons (Fsp3) is 0.727. The molecule has 0 radical (unpaired) electrons. The molecule has 0 bridgehead atoms. The first kappa shape index (κ1) is 11.7. The molecule has 1 unspecified atom stereocenters. The van der Waals surface area contributed by atoms with Gasteiger partial charge in [0, 0.05) is 18.0 Å². The average Bonchev–Trinajstić information content (AvgIpc) is 2.47. The van der Waals surface area contributed by atoms with E-state index in [-0.39, 0.29) is 0 Å². The van der Waals surface area contributed by atoms with Gasteiger partial charge in [0.05, 0.1) is 10.7 Å². The Morgan fingerprint density at radius 1 is 1.43 bits per heavy atom. The highest BCUT2D eigenvalue weighted by atomic mass is 32.1. The van der Waals surface area contributed by atoms with Crippen molar-refractivity contribution in [3.05, 3.63) is 16.1 Å². The molecule has 1 heterocycles. The molecular formula is C11H20N2S. The van der Waals surface area contributed by atoms with Gasteiger partial charge in [-0.2, -0.15) is 0 Å². The molecular weight excluding hydrogens is 192 g/mol. The summed E-state index contributed by atoms with van der Waals surface area (Å²) in [6, 6.07) is 0.581. The van der Waals surface area contributed by atoms with Crippen molar-refractivity contribution in [1.82, 2.24) is 10.3 Å². The number of aromatic nitrogens is 1. The molecule has 3 heteroatoms. The highest BCUT2D eigenvalue weighted by Gasteiger charge is 2.05. The minimum Gasteiger partial charge on any atom is -0.309 e. The molecule has 0 saturated carbocycles. The van der Waals surface area contributed by atoms with Gasteiger partial charge in [0.15, 0.2) is 0 Å². The molecule has 0 aliphatic rings. The fourth-order valence-electron chi connectivity index (χ4n) is 1.56. The summed E-state index contributed by atoms with van der Waals surface area (Å²) in [5, 5.41) is 6.77. The van der Waals surface area contributed by atoms with E-state index in [2.05, 4.69) is 36.5 Å². The Kier molecular flexibility index (Phi) is 4.55. The molecule has 1 aromatic rings. The van der Waals surface area contributed by atoms with Crippen LogP contribution in [0.2, 0.25) is 0 Å². The second-order valence-corrected chi connectivity index (χ2v) is 5.33. The van der Waals surface area contributed by atoms with E-state index in [9.17, 15) is 0 Å². The van der Waals surface area contributed by atoms with Crippen molar-refractivity contribution >= 4 is 11.3 Å². The van der Waals surface area contributed by atoms with E-state index in [0.717, 1.165) is 17.5 Å². The molecule has 0 spiro atoms. The molecule has 1 atom stereocenters. The van der Waals surface area contributed by atoms with Crippen LogP contribution in [0, 0.1) is 12.8 Å². The summed E-state index contributed by atoms with van der Waals surface area (Å²) in [4.78, 5) is 4.42. The fourth-order valence-corrected chi connectivity index (χ4v) is 2.17. The Bertz CT molecular complexity index is 268. The Morgan fingerprint density at radius 2 is 2.14 bits per heavy atom. The van der Waals surface area contributed by atoms with Crippen LogP contribution in [0.25, 0.3) is 0 Å². The molecule has 1 rings (SSSR count). The summed E-state index contributed by atoms with van der Waals surface area (Å²) in [6.07, 6.45) is 1.23. The van der Waals surface area contributed by atoms with E-state index in [1.54, 1.807) is 11.3 Å². The maximum absolute atomic E-state index is 4.42. The zero-order valence-electron chi connectivity index (χ0n) is 9.50. The first-order chi connectivity index (χ1) is 6.58. The Morgan fingerprint density at radius 3 is 2.64 bits per heavy atom. The van der Waals surface area contributed by atoms with Gasteiger partial charge in [0.2, 0.25) is 0 Å². The molecule has 0 aliphatic heterocycles. The number of hydrogen-bond donors (Lipinski definition) is 1. The largest absolute Gasteiger partial charge is 0.309 e. The number of aryl methyl sites for hydroxylation is 1. The van der Waals surface area contributed by atoms with Gasteiger partial charge in [-0.3, -0.25) is 0 Å². The van der Waals surface area contributed by atoms with Gasteiger partial charge in [-0.05, 0) is 26.2 Å². The monoisotopic (exact) mass is 212 g/mol. The zero-order chi connectivity index (χ0) is 10.6. The molecule has 0 fully saturated rings. The molecule has 0 aromatic carbocycles. The Hall–Kier alpha value is -0.410. The summed E-state index contributed by atoms with van der Waals surface area (Å²) in [7, 11) is 0. The second kappa shape index (κ2) is 5.47. The van der Waals surface area contributed by atoms with Crippen molar-refractivity contribution in [2.75, 3.05) is 0 Å². The predicted octanol–water partition coefficient (Wildman–Crippen LogP) is 2.98. The van der Waals surface area contributed by atoms with E-state index in [1.807, 2.05) is 6.92 Å². The maximum Gasteiger partial charge on any atom is 0.0897 e. The Balaban J connectivity index is 2.26. The standard InChI is InChI=1S/C11H20N2S/c1-8(2)5-9(3)12-6-11-7-14-10(4)13-11/h7-9,12H,5-6H2,1-4H3. The summed E-state index contributed by atoms with van der Waals surface area (Å²) in [6.45, 7) is 9.69. The van der Waals surface area contributed by atoms with Crippen LogP contribution in [0.4, 0.5) is 0 Å². The van der Waals surface area contributed by atoms with Gasteiger partial charge >= 0.3 is 0 Å². The summed E-state index contributed by atoms with van der Waals surface area (Å²) in [5.41, 5.74) is 1.17. The number of rotatable bonds is 5. The zero-order valence-corrected chi connectivity index (χ0v) is 10.3. The van der Waals surface area contributed by atoms with Crippen LogP contribution in [0.1, 0.15) is 37.9 Å². The highest BCUT2D eigenvalue weighted by molar-refractivity contribution is 7.09. The number of nitrogens with zero attached hydrogens (tertiary/aromatic N) is 1. The van der Waals surface area contributed by atoms with Crippen LogP contribution >= 0.6 is 11.3 Å². The smallest absolute Gasteiger partial charge is 0.0897 e. The lowest BCUT2D eigenvalue weighted by atomic mass is 10.1. The Labute approximate surface area is 90.8 Å². The average molecular weight is 212 g/mol. The van der Waals surface area contributed by atoms with Crippen molar-refractivity contribution < 1.29 is 0 Å². The van der Waals surface area contributed by atoms with Gasteiger partial charge in [0.1, 0.15) is 0 Å². The van der Waals surface area contributed by atoms with E-state index in [4.69, 9.17) is 0 Å². The number of thiazole rings is 1. The minimum absolute atomic E-state index is 0.581. The first-order valence-electron chi connectivity index (χ1n) is 5.22. The quantitative estimate of drug-likeness (QED) is 0.811. The highest BCUT2D eigenvalue weighted by Crippen LogP contribution is 2.09. The van der Waals surface area contributed by atoms with Crippen LogP contribution < -0.4 is 5.32 Å². The third kappa shape index (κ3) is 4.20.